The van der Waals surface area contributed by atoms with E-state index < -0.39 is 11.6 Å². The fraction of sp³-hybridized carbons (Fsp3) is 0.867. The van der Waals surface area contributed by atoms with Crippen molar-refractivity contribution < 1.29 is 14.7 Å². The normalized spacial score (nSPS) is 32.0. The zero-order valence-electron chi connectivity index (χ0n) is 13.1. The van der Waals surface area contributed by atoms with Crippen LogP contribution in [0.3, 0.4) is 0 Å². The molecular formula is C15H25N3O3S. The summed E-state index contributed by atoms with van der Waals surface area (Å²) >= 11 is 1.69. The molecule has 0 aromatic carbocycles. The van der Waals surface area contributed by atoms with E-state index in [0.717, 1.165) is 37.6 Å². The number of aliphatic hydroxyl groups excluding tert-OH is 1. The van der Waals surface area contributed by atoms with Crippen molar-refractivity contribution in [2.75, 3.05) is 37.7 Å². The number of thioether (sulfide) groups is 1. The largest absolute Gasteiger partial charge is 0.390 e. The fourth-order valence-electron chi connectivity index (χ4n) is 3.49. The molecule has 3 aliphatic heterocycles. The molecule has 3 aliphatic rings. The standard InChI is InChI=1S/C15H25N3O3S/c1-11-2-5-17(6-3-11)8-12(19)9-18-13(20)15(16-14(18)21)4-7-22-10-15/h11-12,19H,2-10H2,1H3,(H,16,21)/t12-,15-/m1/s1. The summed E-state index contributed by atoms with van der Waals surface area (Å²) in [5, 5.41) is 13.1. The Morgan fingerprint density at radius 3 is 2.73 bits per heavy atom. The maximum absolute atomic E-state index is 12.5. The summed E-state index contributed by atoms with van der Waals surface area (Å²) in [4.78, 5) is 28.0. The summed E-state index contributed by atoms with van der Waals surface area (Å²) in [7, 11) is 0. The molecular weight excluding hydrogens is 302 g/mol. The van der Waals surface area contributed by atoms with Crippen LogP contribution in [0.1, 0.15) is 26.2 Å². The monoisotopic (exact) mass is 327 g/mol. The number of hydrogen-bond acceptors (Lipinski definition) is 5. The molecule has 3 rings (SSSR count). The second-order valence-electron chi connectivity index (χ2n) is 6.87. The third-order valence-electron chi connectivity index (χ3n) is 5.01. The van der Waals surface area contributed by atoms with E-state index in [-0.39, 0.29) is 18.5 Å². The van der Waals surface area contributed by atoms with E-state index in [2.05, 4.69) is 17.1 Å². The number of nitrogens with one attached hydrogen (secondary N) is 1. The molecule has 2 N–H and O–H groups in total. The van der Waals surface area contributed by atoms with Gasteiger partial charge in [0.25, 0.3) is 5.91 Å². The van der Waals surface area contributed by atoms with E-state index in [1.165, 1.54) is 4.90 Å². The number of nitrogens with zero attached hydrogens (tertiary/aromatic N) is 2. The highest BCUT2D eigenvalue weighted by molar-refractivity contribution is 7.99. The van der Waals surface area contributed by atoms with Gasteiger partial charge in [0, 0.05) is 12.3 Å². The summed E-state index contributed by atoms with van der Waals surface area (Å²) in [5.74, 6) is 2.13. The van der Waals surface area contributed by atoms with Crippen molar-refractivity contribution in [2.24, 2.45) is 5.92 Å². The number of piperidine rings is 1. The number of likely N-dealkylation sites (tertiary alicyclic amines) is 1. The molecule has 124 valence electrons. The van der Waals surface area contributed by atoms with Gasteiger partial charge in [-0.3, -0.25) is 9.69 Å². The summed E-state index contributed by atoms with van der Waals surface area (Å²) in [5.41, 5.74) is -0.706. The zero-order valence-corrected chi connectivity index (χ0v) is 13.9. The van der Waals surface area contributed by atoms with Gasteiger partial charge in [-0.05, 0) is 44.0 Å². The molecule has 6 nitrogen and oxygen atoms in total. The van der Waals surface area contributed by atoms with Crippen molar-refractivity contribution in [3.8, 4) is 0 Å². The Kier molecular flexibility index (Phi) is 4.66. The van der Waals surface area contributed by atoms with E-state index >= 15 is 0 Å². The molecule has 3 amide bonds. The van der Waals surface area contributed by atoms with Gasteiger partial charge in [0.05, 0.1) is 12.6 Å². The number of imide groups is 1. The van der Waals surface area contributed by atoms with Crippen molar-refractivity contribution in [3.63, 3.8) is 0 Å². The van der Waals surface area contributed by atoms with Crippen LogP contribution in [-0.2, 0) is 4.79 Å². The lowest BCUT2D eigenvalue weighted by molar-refractivity contribution is -0.131. The van der Waals surface area contributed by atoms with Gasteiger partial charge in [-0.15, -0.1) is 0 Å². The summed E-state index contributed by atoms with van der Waals surface area (Å²) in [6.07, 6.45) is 2.32. The van der Waals surface area contributed by atoms with Crippen molar-refractivity contribution in [1.29, 1.82) is 0 Å². The molecule has 3 heterocycles. The second kappa shape index (κ2) is 6.37. The predicted molar refractivity (Wildman–Crippen MR) is 85.8 cm³/mol. The van der Waals surface area contributed by atoms with Crippen LogP contribution in [0, 0.1) is 5.92 Å². The van der Waals surface area contributed by atoms with Crippen LogP contribution in [0.5, 0.6) is 0 Å². The molecule has 0 aromatic heterocycles. The highest BCUT2D eigenvalue weighted by atomic mass is 32.2. The van der Waals surface area contributed by atoms with Crippen LogP contribution >= 0.6 is 11.8 Å². The SMILES string of the molecule is CC1CCN(C[C@@H](O)CN2C(=O)N[C@@]3(CCSC3)C2=O)CC1. The number of urea groups is 1. The number of carbonyl (C=O) groups excluding carboxylic acids is 2. The molecule has 3 saturated heterocycles. The van der Waals surface area contributed by atoms with Crippen LogP contribution in [0.25, 0.3) is 0 Å². The first-order valence-electron chi connectivity index (χ1n) is 8.12. The van der Waals surface area contributed by atoms with E-state index in [1.54, 1.807) is 11.8 Å². The van der Waals surface area contributed by atoms with Crippen molar-refractivity contribution in [3.05, 3.63) is 0 Å². The predicted octanol–water partition coefficient (Wildman–Crippen LogP) is 0.507. The summed E-state index contributed by atoms with van der Waals surface area (Å²) in [6, 6.07) is -0.348. The van der Waals surface area contributed by atoms with Gasteiger partial charge in [0.2, 0.25) is 0 Å². The summed E-state index contributed by atoms with van der Waals surface area (Å²) in [6.45, 7) is 4.85. The van der Waals surface area contributed by atoms with Gasteiger partial charge in [0.15, 0.2) is 0 Å². The van der Waals surface area contributed by atoms with Crippen LogP contribution in [0.2, 0.25) is 0 Å². The maximum Gasteiger partial charge on any atom is 0.325 e. The first kappa shape index (κ1) is 16.1. The van der Waals surface area contributed by atoms with Crippen molar-refractivity contribution in [2.45, 2.75) is 37.8 Å². The first-order valence-corrected chi connectivity index (χ1v) is 9.28. The molecule has 0 bridgehead atoms. The minimum Gasteiger partial charge on any atom is -0.390 e. The highest BCUT2D eigenvalue weighted by Gasteiger charge is 2.53. The highest BCUT2D eigenvalue weighted by Crippen LogP contribution is 2.33. The molecule has 22 heavy (non-hydrogen) atoms. The number of hydrogen-bond donors (Lipinski definition) is 2. The second-order valence-corrected chi connectivity index (χ2v) is 7.97. The van der Waals surface area contributed by atoms with E-state index in [1.807, 2.05) is 0 Å². The van der Waals surface area contributed by atoms with Gasteiger partial charge in [-0.1, -0.05) is 6.92 Å². The molecule has 0 saturated carbocycles. The zero-order chi connectivity index (χ0) is 15.7. The van der Waals surface area contributed by atoms with Crippen LogP contribution in [-0.4, -0.2) is 76.2 Å². The molecule has 0 aromatic rings. The maximum atomic E-state index is 12.5. The van der Waals surface area contributed by atoms with Gasteiger partial charge in [-0.25, -0.2) is 4.79 Å². The smallest absolute Gasteiger partial charge is 0.325 e. The lowest BCUT2D eigenvalue weighted by atomic mass is 9.98. The van der Waals surface area contributed by atoms with E-state index in [4.69, 9.17) is 0 Å². The molecule has 2 atom stereocenters. The lowest BCUT2D eigenvalue weighted by Gasteiger charge is -2.32. The Morgan fingerprint density at radius 1 is 1.36 bits per heavy atom. The Hall–Kier alpha value is -0.790. The molecule has 3 fully saturated rings. The van der Waals surface area contributed by atoms with E-state index in [9.17, 15) is 14.7 Å². The Bertz CT molecular complexity index is 445. The first-order chi connectivity index (χ1) is 10.5. The van der Waals surface area contributed by atoms with Gasteiger partial charge in [0.1, 0.15) is 5.54 Å². The third-order valence-corrected chi connectivity index (χ3v) is 6.20. The fourth-order valence-corrected chi connectivity index (χ4v) is 4.81. The van der Waals surface area contributed by atoms with Gasteiger partial charge >= 0.3 is 6.03 Å². The number of rotatable bonds is 4. The molecule has 0 unspecified atom stereocenters. The van der Waals surface area contributed by atoms with Crippen LogP contribution in [0.4, 0.5) is 4.79 Å². The minimum absolute atomic E-state index is 0.100. The number of aliphatic hydroxyl groups is 1. The topological polar surface area (TPSA) is 72.9 Å². The minimum atomic E-state index is -0.706. The van der Waals surface area contributed by atoms with Gasteiger partial charge in [-0.2, -0.15) is 11.8 Å². The number of β-amino-alcohol motifs (C(OH)–C–C–N with tert-alkyl or cyclic N) is 1. The lowest BCUT2D eigenvalue weighted by Crippen LogP contribution is -2.48. The number of amides is 3. The Morgan fingerprint density at radius 2 is 2.09 bits per heavy atom. The molecule has 0 radical (unpaired) electrons. The van der Waals surface area contributed by atoms with Crippen LogP contribution in [0.15, 0.2) is 0 Å². The van der Waals surface area contributed by atoms with Gasteiger partial charge < -0.3 is 15.3 Å². The third kappa shape index (κ3) is 3.12. The quantitative estimate of drug-likeness (QED) is 0.736. The summed E-state index contributed by atoms with van der Waals surface area (Å²) < 4.78 is 0. The average molecular weight is 327 g/mol. The Labute approximate surface area is 135 Å². The van der Waals surface area contributed by atoms with Crippen LogP contribution < -0.4 is 5.32 Å². The average Bonchev–Trinajstić information content (AvgIpc) is 3.03. The molecule has 7 heteroatoms. The Balaban J connectivity index is 1.54. The molecule has 1 spiro atoms. The molecule has 0 aliphatic carbocycles. The number of carbonyl (C=O) groups is 2. The van der Waals surface area contributed by atoms with Crippen molar-refractivity contribution >= 4 is 23.7 Å². The van der Waals surface area contributed by atoms with Crippen molar-refractivity contribution in [1.82, 2.24) is 15.1 Å². The van der Waals surface area contributed by atoms with E-state index in [0.29, 0.717) is 18.7 Å².